The molecule has 3 rings (SSSR count). The minimum absolute atomic E-state index is 0.00332. The maximum Gasteiger partial charge on any atom is 0.316 e. The van der Waals surface area contributed by atoms with E-state index in [0.717, 1.165) is 24.2 Å². The van der Waals surface area contributed by atoms with Crippen LogP contribution in [0.4, 0.5) is 0 Å². The van der Waals surface area contributed by atoms with Crippen LogP contribution < -0.4 is 0 Å². The molecule has 1 aromatic carbocycles. The topological polar surface area (TPSA) is 51.5 Å². The zero-order valence-electron chi connectivity index (χ0n) is 13.8. The number of rotatable bonds is 2. The molecule has 0 N–H and O–H groups in total. The SMILES string of the molecule is CCn1c2c(c3ccccc31)CCN(C(C)=O)CC2C(=O)OC. The van der Waals surface area contributed by atoms with Gasteiger partial charge in [-0.2, -0.15) is 0 Å². The lowest BCUT2D eigenvalue weighted by Gasteiger charge is -2.23. The molecule has 23 heavy (non-hydrogen) atoms. The molecule has 0 bridgehead atoms. The van der Waals surface area contributed by atoms with Crippen molar-refractivity contribution in [3.8, 4) is 0 Å². The Kier molecular flexibility index (Phi) is 4.11. The second-order valence-electron chi connectivity index (χ2n) is 5.92. The Balaban J connectivity index is 2.23. The van der Waals surface area contributed by atoms with Crippen LogP contribution in [0.3, 0.4) is 0 Å². The second-order valence-corrected chi connectivity index (χ2v) is 5.92. The number of nitrogens with zero attached hydrogens (tertiary/aromatic N) is 2. The molecule has 0 saturated heterocycles. The van der Waals surface area contributed by atoms with Gasteiger partial charge in [-0.25, -0.2) is 0 Å². The quantitative estimate of drug-likeness (QED) is 0.799. The van der Waals surface area contributed by atoms with Gasteiger partial charge in [0.05, 0.1) is 7.11 Å². The summed E-state index contributed by atoms with van der Waals surface area (Å²) in [5, 5.41) is 1.17. The zero-order chi connectivity index (χ0) is 16.6. The summed E-state index contributed by atoms with van der Waals surface area (Å²) < 4.78 is 7.23. The number of ether oxygens (including phenoxy) is 1. The first kappa shape index (κ1) is 15.6. The summed E-state index contributed by atoms with van der Waals surface area (Å²) in [5.74, 6) is -0.720. The lowest BCUT2D eigenvalue weighted by Crippen LogP contribution is -2.35. The minimum atomic E-state index is -0.436. The van der Waals surface area contributed by atoms with Crippen molar-refractivity contribution in [1.29, 1.82) is 0 Å². The van der Waals surface area contributed by atoms with Gasteiger partial charge < -0.3 is 14.2 Å². The summed E-state index contributed by atoms with van der Waals surface area (Å²) in [7, 11) is 1.41. The summed E-state index contributed by atoms with van der Waals surface area (Å²) in [5.41, 5.74) is 3.32. The highest BCUT2D eigenvalue weighted by molar-refractivity contribution is 5.90. The number of esters is 1. The van der Waals surface area contributed by atoms with Crippen molar-refractivity contribution in [2.75, 3.05) is 20.2 Å². The first-order valence-corrected chi connectivity index (χ1v) is 8.01. The van der Waals surface area contributed by atoms with Gasteiger partial charge >= 0.3 is 5.97 Å². The van der Waals surface area contributed by atoms with E-state index in [4.69, 9.17) is 4.74 Å². The first-order valence-electron chi connectivity index (χ1n) is 8.01. The molecule has 0 fully saturated rings. The summed E-state index contributed by atoms with van der Waals surface area (Å²) in [6.45, 7) is 5.42. The van der Waals surface area contributed by atoms with Gasteiger partial charge in [-0.15, -0.1) is 0 Å². The minimum Gasteiger partial charge on any atom is -0.468 e. The lowest BCUT2D eigenvalue weighted by molar-refractivity contribution is -0.143. The first-order chi connectivity index (χ1) is 11.1. The maximum atomic E-state index is 12.4. The van der Waals surface area contributed by atoms with Gasteiger partial charge in [0.2, 0.25) is 5.91 Å². The number of fused-ring (bicyclic) bond motifs is 3. The molecule has 0 saturated carbocycles. The second kappa shape index (κ2) is 6.07. The molecule has 0 spiro atoms. The Morgan fingerprint density at radius 3 is 2.70 bits per heavy atom. The number of carbonyl (C=O) groups excluding carboxylic acids is 2. The Morgan fingerprint density at radius 2 is 2.04 bits per heavy atom. The molecule has 5 nitrogen and oxygen atoms in total. The fourth-order valence-electron chi connectivity index (χ4n) is 3.66. The van der Waals surface area contributed by atoms with Crippen molar-refractivity contribution in [2.45, 2.75) is 32.7 Å². The number of amides is 1. The summed E-state index contributed by atoms with van der Waals surface area (Å²) in [6.07, 6.45) is 0.760. The van der Waals surface area contributed by atoms with Crippen molar-refractivity contribution in [1.82, 2.24) is 9.47 Å². The van der Waals surface area contributed by atoms with Crippen LogP contribution in [0.15, 0.2) is 24.3 Å². The number of aromatic nitrogens is 1. The maximum absolute atomic E-state index is 12.4. The Morgan fingerprint density at radius 1 is 1.30 bits per heavy atom. The van der Waals surface area contributed by atoms with Gasteiger partial charge in [0.15, 0.2) is 0 Å². The molecule has 1 aliphatic heterocycles. The van der Waals surface area contributed by atoms with E-state index >= 15 is 0 Å². The summed E-state index contributed by atoms with van der Waals surface area (Å²) >= 11 is 0. The molecule has 5 heteroatoms. The molecule has 1 aromatic heterocycles. The van der Waals surface area contributed by atoms with E-state index in [0.29, 0.717) is 13.1 Å². The molecule has 122 valence electrons. The molecular formula is C18H22N2O3. The van der Waals surface area contributed by atoms with Crippen LogP contribution in [0, 0.1) is 0 Å². The van der Waals surface area contributed by atoms with E-state index in [-0.39, 0.29) is 11.9 Å². The molecule has 1 unspecified atom stereocenters. The predicted octanol–water partition coefficient (Wildman–Crippen LogP) is 2.32. The number of methoxy groups -OCH3 is 1. The fraction of sp³-hybridized carbons (Fsp3) is 0.444. The van der Waals surface area contributed by atoms with Crippen LogP contribution in [0.25, 0.3) is 10.9 Å². The Bertz CT molecular complexity index is 763. The van der Waals surface area contributed by atoms with E-state index in [1.165, 1.54) is 18.1 Å². The Labute approximate surface area is 135 Å². The summed E-state index contributed by atoms with van der Waals surface area (Å²) in [6, 6.07) is 8.22. The zero-order valence-corrected chi connectivity index (χ0v) is 13.8. The highest BCUT2D eigenvalue weighted by atomic mass is 16.5. The number of carbonyl (C=O) groups is 2. The van der Waals surface area contributed by atoms with Crippen LogP contribution >= 0.6 is 0 Å². The number of para-hydroxylation sites is 1. The van der Waals surface area contributed by atoms with E-state index < -0.39 is 5.92 Å². The van der Waals surface area contributed by atoms with E-state index in [9.17, 15) is 9.59 Å². The van der Waals surface area contributed by atoms with Gasteiger partial charge in [-0.3, -0.25) is 9.59 Å². The van der Waals surface area contributed by atoms with Crippen molar-refractivity contribution in [3.63, 3.8) is 0 Å². The monoisotopic (exact) mass is 314 g/mol. The summed E-state index contributed by atoms with van der Waals surface area (Å²) in [4.78, 5) is 26.0. The molecular weight excluding hydrogens is 292 g/mol. The molecule has 2 aromatic rings. The number of aryl methyl sites for hydroxylation is 1. The third kappa shape index (κ3) is 2.50. The third-order valence-electron chi connectivity index (χ3n) is 4.73. The van der Waals surface area contributed by atoms with Crippen molar-refractivity contribution < 1.29 is 14.3 Å². The number of hydrogen-bond donors (Lipinski definition) is 0. The van der Waals surface area contributed by atoms with E-state index in [1.54, 1.807) is 11.8 Å². The molecule has 1 amide bonds. The van der Waals surface area contributed by atoms with Gasteiger partial charge in [0.1, 0.15) is 5.92 Å². The van der Waals surface area contributed by atoms with Gasteiger partial charge in [-0.05, 0) is 25.0 Å². The standard InChI is InChI=1S/C18H22N2O3/c1-4-20-16-8-6-5-7-13(16)14-9-10-19(12(2)21)11-15(17(14)20)18(22)23-3/h5-8,15H,4,9-11H2,1-3H3. The number of hydrogen-bond acceptors (Lipinski definition) is 3. The van der Waals surface area contributed by atoms with E-state index in [2.05, 4.69) is 23.6 Å². The molecule has 0 radical (unpaired) electrons. The van der Waals surface area contributed by atoms with Crippen LogP contribution in [0.1, 0.15) is 31.0 Å². The number of benzene rings is 1. The average Bonchev–Trinajstić information content (AvgIpc) is 2.73. The van der Waals surface area contributed by atoms with Gasteiger partial charge in [0, 0.05) is 43.2 Å². The normalized spacial score (nSPS) is 17.7. The van der Waals surface area contributed by atoms with Crippen molar-refractivity contribution in [2.24, 2.45) is 0 Å². The molecule has 1 aliphatic rings. The smallest absolute Gasteiger partial charge is 0.316 e. The Hall–Kier alpha value is -2.30. The molecule has 1 atom stereocenters. The van der Waals surface area contributed by atoms with Gasteiger partial charge in [-0.1, -0.05) is 18.2 Å². The van der Waals surface area contributed by atoms with Gasteiger partial charge in [0.25, 0.3) is 0 Å². The van der Waals surface area contributed by atoms with E-state index in [1.807, 2.05) is 12.1 Å². The molecule has 0 aliphatic carbocycles. The van der Waals surface area contributed by atoms with Crippen LogP contribution in [0.5, 0.6) is 0 Å². The average molecular weight is 314 g/mol. The van der Waals surface area contributed by atoms with Crippen molar-refractivity contribution >= 4 is 22.8 Å². The molecule has 2 heterocycles. The fourth-order valence-corrected chi connectivity index (χ4v) is 3.66. The lowest BCUT2D eigenvalue weighted by atomic mass is 9.99. The predicted molar refractivity (Wildman–Crippen MR) is 88.3 cm³/mol. The van der Waals surface area contributed by atoms with Crippen LogP contribution in [-0.2, 0) is 27.3 Å². The third-order valence-corrected chi connectivity index (χ3v) is 4.73. The van der Waals surface area contributed by atoms with Crippen LogP contribution in [-0.4, -0.2) is 41.5 Å². The highest BCUT2D eigenvalue weighted by Gasteiger charge is 2.34. The van der Waals surface area contributed by atoms with Crippen LogP contribution in [0.2, 0.25) is 0 Å². The van der Waals surface area contributed by atoms with Crippen molar-refractivity contribution in [3.05, 3.63) is 35.5 Å². The highest BCUT2D eigenvalue weighted by Crippen LogP contribution is 2.35. The largest absolute Gasteiger partial charge is 0.468 e.